The molecule has 0 saturated heterocycles. The van der Waals surface area contributed by atoms with Gasteiger partial charge in [-0.3, -0.25) is 20.2 Å². The van der Waals surface area contributed by atoms with Gasteiger partial charge in [-0.25, -0.2) is 4.68 Å². The van der Waals surface area contributed by atoms with E-state index in [0.29, 0.717) is 5.69 Å². The zero-order chi connectivity index (χ0) is 12.3. The summed E-state index contributed by atoms with van der Waals surface area (Å²) in [4.78, 5) is 19.4. The lowest BCUT2D eigenvalue weighted by atomic mass is 10.2. The molecule has 0 aromatic carbocycles. The average molecular weight is 250 g/mol. The quantitative estimate of drug-likeness (QED) is 0.320. The topological polar surface area (TPSA) is 117 Å². The molecule has 16 heavy (non-hydrogen) atoms. The van der Waals surface area contributed by atoms with Crippen molar-refractivity contribution in [2.24, 2.45) is 0 Å². The van der Waals surface area contributed by atoms with Gasteiger partial charge in [0.2, 0.25) is 0 Å². The second-order valence-corrected chi connectivity index (χ2v) is 3.52. The van der Waals surface area contributed by atoms with Gasteiger partial charge >= 0.3 is 5.66 Å². The Balaban J connectivity index is 3.02. The van der Waals surface area contributed by atoms with E-state index in [2.05, 4.69) is 10.3 Å². The Morgan fingerprint density at radius 2 is 2.06 bits per heavy atom. The van der Waals surface area contributed by atoms with Crippen molar-refractivity contribution in [1.82, 2.24) is 15.0 Å². The molecule has 9 nitrogen and oxygen atoms in total. The van der Waals surface area contributed by atoms with E-state index in [4.69, 9.17) is 11.6 Å². The van der Waals surface area contributed by atoms with Crippen LogP contribution < -0.4 is 0 Å². The highest BCUT2D eigenvalue weighted by Gasteiger charge is 2.51. The number of nitro groups is 2. The zero-order valence-corrected chi connectivity index (χ0v) is 8.99. The molecular formula is C6H8ClN5O4. The highest BCUT2D eigenvalue weighted by atomic mass is 35.5. The maximum absolute atomic E-state index is 10.7. The smallest absolute Gasteiger partial charge is 0.258 e. The number of hydrogen-bond acceptors (Lipinski definition) is 6. The van der Waals surface area contributed by atoms with E-state index in [0.717, 1.165) is 11.6 Å². The third kappa shape index (κ3) is 2.08. The molecule has 1 aromatic heterocycles. The standard InChI is InChI=1S/C6H8ClN5O4/c1-6(11(13)14,12(15)16)4-10-5(2-7)3-8-9-10/h3H,2,4H2,1H3. The molecule has 0 spiro atoms. The van der Waals surface area contributed by atoms with E-state index in [1.807, 2.05) is 0 Å². The Labute approximate surface area is 94.3 Å². The Morgan fingerprint density at radius 1 is 1.50 bits per heavy atom. The normalized spacial score (nSPS) is 11.4. The summed E-state index contributed by atoms with van der Waals surface area (Å²) >= 11 is 5.52. The average Bonchev–Trinajstić information content (AvgIpc) is 2.64. The summed E-state index contributed by atoms with van der Waals surface area (Å²) in [6, 6.07) is 0. The number of aromatic nitrogens is 3. The van der Waals surface area contributed by atoms with Crippen LogP contribution in [0.1, 0.15) is 12.6 Å². The van der Waals surface area contributed by atoms with Crippen molar-refractivity contribution in [2.75, 3.05) is 0 Å². The summed E-state index contributed by atoms with van der Waals surface area (Å²) in [5.74, 6) is 0.0263. The molecule has 0 fully saturated rings. The minimum Gasteiger partial charge on any atom is -0.258 e. The van der Waals surface area contributed by atoms with Crippen molar-refractivity contribution in [2.45, 2.75) is 25.0 Å². The van der Waals surface area contributed by atoms with Crippen molar-refractivity contribution in [1.29, 1.82) is 0 Å². The Bertz CT molecular complexity index is 405. The fourth-order valence-electron chi connectivity index (χ4n) is 0.981. The van der Waals surface area contributed by atoms with E-state index in [-0.39, 0.29) is 5.88 Å². The number of halogens is 1. The Hall–Kier alpha value is -1.77. The molecule has 0 bridgehead atoms. The maximum Gasteiger partial charge on any atom is 0.474 e. The van der Waals surface area contributed by atoms with Gasteiger partial charge in [-0.2, -0.15) is 0 Å². The SMILES string of the molecule is CC(Cn1nncc1CCl)([N+](=O)[O-])[N+](=O)[O-]. The minimum atomic E-state index is -2.34. The highest BCUT2D eigenvalue weighted by Crippen LogP contribution is 2.14. The summed E-state index contributed by atoms with van der Waals surface area (Å²) in [6.45, 7) is 0.391. The van der Waals surface area contributed by atoms with Gasteiger partial charge in [0.25, 0.3) is 0 Å². The third-order valence-corrected chi connectivity index (χ3v) is 2.34. The fourth-order valence-corrected chi connectivity index (χ4v) is 1.19. The summed E-state index contributed by atoms with van der Waals surface area (Å²) in [6.07, 6.45) is 1.30. The van der Waals surface area contributed by atoms with Gasteiger partial charge in [-0.1, -0.05) is 5.21 Å². The van der Waals surface area contributed by atoms with Crippen LogP contribution in [0, 0.1) is 20.2 Å². The van der Waals surface area contributed by atoms with Crippen molar-refractivity contribution >= 4 is 11.6 Å². The molecule has 1 heterocycles. The van der Waals surface area contributed by atoms with Crippen LogP contribution in [0.25, 0.3) is 0 Å². The molecule has 0 aliphatic carbocycles. The van der Waals surface area contributed by atoms with Gasteiger partial charge in [0.15, 0.2) is 6.54 Å². The molecule has 1 aromatic rings. The van der Waals surface area contributed by atoms with Crippen LogP contribution in [0.4, 0.5) is 0 Å². The molecule has 0 unspecified atom stereocenters. The second kappa shape index (κ2) is 4.39. The molecule has 0 atom stereocenters. The van der Waals surface area contributed by atoms with Crippen LogP contribution in [0.5, 0.6) is 0 Å². The van der Waals surface area contributed by atoms with Crippen LogP contribution in [0.3, 0.4) is 0 Å². The predicted molar refractivity (Wildman–Crippen MR) is 52.0 cm³/mol. The van der Waals surface area contributed by atoms with Crippen LogP contribution in [0.15, 0.2) is 6.20 Å². The molecule has 0 aliphatic rings. The van der Waals surface area contributed by atoms with Crippen molar-refractivity contribution in [3.63, 3.8) is 0 Å². The molecule has 88 valence electrons. The third-order valence-electron chi connectivity index (χ3n) is 2.07. The fraction of sp³-hybridized carbons (Fsp3) is 0.667. The first-order valence-corrected chi connectivity index (χ1v) is 4.67. The van der Waals surface area contributed by atoms with E-state index in [1.54, 1.807) is 0 Å². The molecule has 0 N–H and O–H groups in total. The van der Waals surface area contributed by atoms with Crippen molar-refractivity contribution in [3.05, 3.63) is 32.1 Å². The summed E-state index contributed by atoms with van der Waals surface area (Å²) < 4.78 is 1.05. The molecule has 10 heteroatoms. The van der Waals surface area contributed by atoms with Gasteiger partial charge in [0, 0.05) is 0 Å². The van der Waals surface area contributed by atoms with Crippen LogP contribution in [0.2, 0.25) is 0 Å². The van der Waals surface area contributed by atoms with Gasteiger partial charge in [0.1, 0.15) is 9.85 Å². The Kier molecular flexibility index (Phi) is 3.38. The van der Waals surface area contributed by atoms with E-state index in [1.165, 1.54) is 6.20 Å². The lowest BCUT2D eigenvalue weighted by molar-refractivity contribution is -0.794. The molecule has 1 rings (SSSR count). The minimum absolute atomic E-state index is 0.0263. The first kappa shape index (κ1) is 12.3. The maximum atomic E-state index is 10.7. The highest BCUT2D eigenvalue weighted by molar-refractivity contribution is 6.16. The predicted octanol–water partition coefficient (Wildman–Crippen LogP) is 0.286. The second-order valence-electron chi connectivity index (χ2n) is 3.25. The lowest BCUT2D eigenvalue weighted by Gasteiger charge is -2.12. The van der Waals surface area contributed by atoms with Gasteiger partial charge < -0.3 is 0 Å². The van der Waals surface area contributed by atoms with Crippen LogP contribution in [-0.4, -0.2) is 30.5 Å². The number of hydrogen-bond donors (Lipinski definition) is 0. The monoisotopic (exact) mass is 249 g/mol. The largest absolute Gasteiger partial charge is 0.474 e. The summed E-state index contributed by atoms with van der Waals surface area (Å²) in [5, 5.41) is 28.3. The van der Waals surface area contributed by atoms with Crippen molar-refractivity contribution in [3.8, 4) is 0 Å². The first-order valence-electron chi connectivity index (χ1n) is 4.14. The van der Waals surface area contributed by atoms with Gasteiger partial charge in [-0.05, 0) is 0 Å². The molecule has 0 radical (unpaired) electrons. The first-order chi connectivity index (χ1) is 7.41. The molecular weight excluding hydrogens is 242 g/mol. The van der Waals surface area contributed by atoms with Crippen LogP contribution >= 0.6 is 11.6 Å². The van der Waals surface area contributed by atoms with Gasteiger partial charge in [0.05, 0.1) is 24.7 Å². The van der Waals surface area contributed by atoms with Gasteiger partial charge in [-0.15, -0.1) is 16.7 Å². The summed E-state index contributed by atoms with van der Waals surface area (Å²) in [7, 11) is 0. The van der Waals surface area contributed by atoms with E-state index < -0.39 is 22.1 Å². The Morgan fingerprint density at radius 3 is 2.50 bits per heavy atom. The van der Waals surface area contributed by atoms with Crippen LogP contribution in [-0.2, 0) is 12.4 Å². The zero-order valence-electron chi connectivity index (χ0n) is 8.24. The van der Waals surface area contributed by atoms with Crippen molar-refractivity contribution < 1.29 is 9.85 Å². The lowest BCUT2D eigenvalue weighted by Crippen LogP contribution is -2.47. The number of rotatable bonds is 5. The van der Waals surface area contributed by atoms with E-state index in [9.17, 15) is 20.2 Å². The van der Waals surface area contributed by atoms with E-state index >= 15 is 0 Å². The summed E-state index contributed by atoms with van der Waals surface area (Å²) in [5.41, 5.74) is -1.95. The number of nitrogens with zero attached hydrogens (tertiary/aromatic N) is 5. The molecule has 0 aliphatic heterocycles. The molecule has 0 saturated carbocycles. The number of alkyl halides is 1. The molecule has 0 amide bonds.